The Morgan fingerprint density at radius 2 is 1.91 bits per heavy atom. The molecule has 1 amide bonds. The summed E-state index contributed by atoms with van der Waals surface area (Å²) < 4.78 is 37.9. The summed E-state index contributed by atoms with van der Waals surface area (Å²) in [6, 6.07) is 12.8. The molecular formula is C19H18N6O3S4. The summed E-state index contributed by atoms with van der Waals surface area (Å²) in [5, 5.41) is 11.0. The molecule has 9 nitrogen and oxygen atoms in total. The van der Waals surface area contributed by atoms with E-state index in [-0.39, 0.29) is 16.8 Å². The van der Waals surface area contributed by atoms with Crippen LogP contribution in [0.1, 0.15) is 12.5 Å². The normalized spacial score (nSPS) is 12.7. The number of amides is 1. The zero-order valence-electron chi connectivity index (χ0n) is 16.8. The third kappa shape index (κ3) is 5.30. The number of carbonyl (C=O) groups excluding carboxylic acids is 1. The molecule has 2 aromatic heterocycles. The Morgan fingerprint density at radius 3 is 2.69 bits per heavy atom. The highest BCUT2D eigenvalue weighted by Crippen LogP contribution is 2.26. The molecule has 0 aliphatic rings. The Bertz CT molecular complexity index is 1320. The highest BCUT2D eigenvalue weighted by molar-refractivity contribution is 8.01. The molecule has 1 unspecified atom stereocenters. The van der Waals surface area contributed by atoms with Crippen LogP contribution in [0.5, 0.6) is 0 Å². The van der Waals surface area contributed by atoms with Crippen molar-refractivity contribution >= 4 is 66.9 Å². The lowest BCUT2D eigenvalue weighted by atomic mass is 10.1. The van der Waals surface area contributed by atoms with E-state index in [9.17, 15) is 13.2 Å². The van der Waals surface area contributed by atoms with E-state index in [1.54, 1.807) is 12.1 Å². The molecule has 0 saturated carbocycles. The molecule has 0 bridgehead atoms. The van der Waals surface area contributed by atoms with Gasteiger partial charge in [0.1, 0.15) is 22.0 Å². The summed E-state index contributed by atoms with van der Waals surface area (Å²) in [7, 11) is -4.06. The Balaban J connectivity index is 1.61. The van der Waals surface area contributed by atoms with Gasteiger partial charge in [-0.2, -0.15) is 13.5 Å². The van der Waals surface area contributed by atoms with Crippen molar-refractivity contribution in [1.82, 2.24) is 23.7 Å². The van der Waals surface area contributed by atoms with Crippen molar-refractivity contribution in [2.75, 3.05) is 11.1 Å². The van der Waals surface area contributed by atoms with Crippen LogP contribution < -0.4 is 10.0 Å². The first-order valence-corrected chi connectivity index (χ1v) is 13.5. The maximum atomic E-state index is 13.2. The fraction of sp³-hybridized carbons (Fsp3) is 0.211. The minimum absolute atomic E-state index is 0.0211. The molecule has 0 fully saturated rings. The molecule has 0 aliphatic heterocycles. The van der Waals surface area contributed by atoms with E-state index >= 15 is 0 Å². The number of nitrogens with zero attached hydrogens (tertiary/aromatic N) is 4. The number of anilines is 1. The molecule has 4 rings (SSSR count). The van der Waals surface area contributed by atoms with E-state index in [1.165, 1.54) is 29.2 Å². The molecule has 1 atom stereocenters. The third-order valence-corrected chi connectivity index (χ3v) is 8.24. The topological polar surface area (TPSA) is 127 Å². The molecule has 2 heterocycles. The number of thioether (sulfide) groups is 1. The summed E-state index contributed by atoms with van der Waals surface area (Å²) >= 11 is 3.69. The van der Waals surface area contributed by atoms with Gasteiger partial charge in [-0.3, -0.25) is 10.1 Å². The lowest BCUT2D eigenvalue weighted by Gasteiger charge is -2.18. The number of sulfonamides is 1. The van der Waals surface area contributed by atoms with Crippen LogP contribution in [0.25, 0.3) is 11.0 Å². The van der Waals surface area contributed by atoms with Crippen LogP contribution in [0.15, 0.2) is 57.8 Å². The fourth-order valence-electron chi connectivity index (χ4n) is 2.92. The highest BCUT2D eigenvalue weighted by atomic mass is 32.2. The monoisotopic (exact) mass is 506 g/mol. The number of aromatic nitrogens is 4. The van der Waals surface area contributed by atoms with Gasteiger partial charge in [0.2, 0.25) is 21.1 Å². The number of fused-ring (bicyclic) bond motifs is 1. The van der Waals surface area contributed by atoms with Gasteiger partial charge < -0.3 is 0 Å². The van der Waals surface area contributed by atoms with Crippen LogP contribution in [0.2, 0.25) is 0 Å². The number of hydrogen-bond donors (Lipinski definition) is 2. The molecule has 0 spiro atoms. The Kier molecular flexibility index (Phi) is 7.10. The number of carbonyl (C=O) groups is 1. The molecule has 4 aromatic rings. The van der Waals surface area contributed by atoms with E-state index in [0.29, 0.717) is 10.6 Å². The number of nitrogens with one attached hydrogen (secondary N) is 2. The molecule has 32 heavy (non-hydrogen) atoms. The second-order valence-electron chi connectivity index (χ2n) is 6.55. The van der Waals surface area contributed by atoms with Gasteiger partial charge in [0.25, 0.3) is 0 Å². The van der Waals surface area contributed by atoms with E-state index in [4.69, 9.17) is 0 Å². The molecule has 0 aliphatic carbocycles. The Hall–Kier alpha value is -2.45. The van der Waals surface area contributed by atoms with E-state index in [2.05, 4.69) is 29.0 Å². The third-order valence-electron chi connectivity index (χ3n) is 4.34. The predicted octanol–water partition coefficient (Wildman–Crippen LogP) is 3.18. The zero-order chi connectivity index (χ0) is 22.6. The number of rotatable bonds is 9. The molecule has 2 aromatic carbocycles. The van der Waals surface area contributed by atoms with Gasteiger partial charge in [-0.05, 0) is 29.9 Å². The lowest BCUT2D eigenvalue weighted by Crippen LogP contribution is -2.45. The van der Waals surface area contributed by atoms with Crippen molar-refractivity contribution in [3.63, 3.8) is 0 Å². The summed E-state index contributed by atoms with van der Waals surface area (Å²) in [6.07, 6.45) is 0.159. The molecular weight excluding hydrogens is 489 g/mol. The van der Waals surface area contributed by atoms with Crippen LogP contribution >= 0.6 is 34.8 Å². The van der Waals surface area contributed by atoms with Gasteiger partial charge in [-0.15, -0.1) is 10.2 Å². The molecule has 0 saturated heterocycles. The minimum Gasteiger partial charge on any atom is -0.299 e. The standard InChI is InChI=1S/C19H18N6O3S4/c1-2-29-19-22-21-18(30-19)20-17(26)14(11-12-7-4-3-5-8-12)25-32(27,28)15-10-6-9-13-16(15)24-31-23-13/h3-10,14,25H,2,11H2,1H3,(H,20,21,26). The van der Waals surface area contributed by atoms with Gasteiger partial charge >= 0.3 is 0 Å². The van der Waals surface area contributed by atoms with Crippen LogP contribution in [0.3, 0.4) is 0 Å². The molecule has 2 N–H and O–H groups in total. The minimum atomic E-state index is -4.06. The highest BCUT2D eigenvalue weighted by Gasteiger charge is 2.29. The largest absolute Gasteiger partial charge is 0.299 e. The van der Waals surface area contributed by atoms with Crippen molar-refractivity contribution in [3.8, 4) is 0 Å². The molecule has 13 heteroatoms. The quantitative estimate of drug-likeness (QED) is 0.262. The summed E-state index contributed by atoms with van der Waals surface area (Å²) in [4.78, 5) is 13.1. The summed E-state index contributed by atoms with van der Waals surface area (Å²) in [5.41, 5.74) is 1.56. The summed E-state index contributed by atoms with van der Waals surface area (Å²) in [5.74, 6) is 0.306. The van der Waals surface area contributed by atoms with Gasteiger partial charge in [0.15, 0.2) is 4.34 Å². The fourth-order valence-corrected chi connectivity index (χ4v) is 6.53. The first-order valence-electron chi connectivity index (χ1n) is 9.51. The average Bonchev–Trinajstić information content (AvgIpc) is 3.43. The SMILES string of the molecule is CCSc1nnc(NC(=O)C(Cc2ccccc2)NS(=O)(=O)c2cccc3nsnc23)s1. The smallest absolute Gasteiger partial charge is 0.244 e. The second kappa shape index (κ2) is 10.0. The first kappa shape index (κ1) is 22.7. The first-order chi connectivity index (χ1) is 15.5. The van der Waals surface area contributed by atoms with Gasteiger partial charge in [-0.25, -0.2) is 8.42 Å². The second-order valence-corrected chi connectivity index (χ2v) is 11.2. The van der Waals surface area contributed by atoms with Crippen molar-refractivity contribution in [2.24, 2.45) is 0 Å². The van der Waals surface area contributed by atoms with Crippen molar-refractivity contribution in [1.29, 1.82) is 0 Å². The maximum absolute atomic E-state index is 13.2. The average molecular weight is 507 g/mol. The van der Waals surface area contributed by atoms with E-state index in [0.717, 1.165) is 27.4 Å². The van der Waals surface area contributed by atoms with Crippen LogP contribution in [0.4, 0.5) is 5.13 Å². The maximum Gasteiger partial charge on any atom is 0.244 e. The van der Waals surface area contributed by atoms with Crippen LogP contribution in [-0.4, -0.2) is 45.1 Å². The number of benzene rings is 2. The van der Waals surface area contributed by atoms with Crippen molar-refractivity contribution in [2.45, 2.75) is 28.6 Å². The van der Waals surface area contributed by atoms with Crippen molar-refractivity contribution in [3.05, 3.63) is 54.1 Å². The van der Waals surface area contributed by atoms with Gasteiger partial charge in [0, 0.05) is 0 Å². The molecule has 166 valence electrons. The van der Waals surface area contributed by atoms with E-state index < -0.39 is 22.0 Å². The summed E-state index contributed by atoms with van der Waals surface area (Å²) in [6.45, 7) is 1.99. The van der Waals surface area contributed by atoms with E-state index in [1.807, 2.05) is 37.3 Å². The lowest BCUT2D eigenvalue weighted by molar-refractivity contribution is -0.117. The van der Waals surface area contributed by atoms with Crippen LogP contribution in [0, 0.1) is 0 Å². The zero-order valence-corrected chi connectivity index (χ0v) is 20.0. The Morgan fingerprint density at radius 1 is 1.09 bits per heavy atom. The predicted molar refractivity (Wildman–Crippen MR) is 127 cm³/mol. The number of hydrogen-bond acceptors (Lipinski definition) is 10. The van der Waals surface area contributed by atoms with Gasteiger partial charge in [-0.1, -0.05) is 66.4 Å². The van der Waals surface area contributed by atoms with Crippen LogP contribution in [-0.2, 0) is 21.2 Å². The Labute approximate surface area is 197 Å². The van der Waals surface area contributed by atoms with Gasteiger partial charge in [0.05, 0.1) is 11.7 Å². The molecule has 0 radical (unpaired) electrons. The van der Waals surface area contributed by atoms with Crippen molar-refractivity contribution < 1.29 is 13.2 Å².